The van der Waals surface area contributed by atoms with E-state index < -0.39 is 0 Å². The van der Waals surface area contributed by atoms with Crippen molar-refractivity contribution in [2.24, 2.45) is 0 Å². The lowest BCUT2D eigenvalue weighted by atomic mass is 10.1. The Hall–Kier alpha value is -2.69. The first-order valence-electron chi connectivity index (χ1n) is 7.51. The summed E-state index contributed by atoms with van der Waals surface area (Å²) in [5.74, 6) is -0.787. The van der Waals surface area contributed by atoms with Gasteiger partial charge in [0.25, 0.3) is 11.8 Å². The van der Waals surface area contributed by atoms with Crippen LogP contribution in [-0.2, 0) is 6.54 Å². The van der Waals surface area contributed by atoms with E-state index in [0.29, 0.717) is 24.2 Å². The molecule has 0 aromatic heterocycles. The highest BCUT2D eigenvalue weighted by molar-refractivity contribution is 5.99. The normalized spacial score (nSPS) is 10.2. The minimum absolute atomic E-state index is 0.194. The van der Waals surface area contributed by atoms with E-state index in [4.69, 9.17) is 0 Å². The molecule has 2 N–H and O–H groups in total. The van der Waals surface area contributed by atoms with E-state index >= 15 is 0 Å². The summed E-state index contributed by atoms with van der Waals surface area (Å²) in [5.41, 5.74) is 1.67. The largest absolute Gasteiger partial charge is 0.352 e. The van der Waals surface area contributed by atoms with Crippen molar-refractivity contribution in [1.82, 2.24) is 10.6 Å². The van der Waals surface area contributed by atoms with Crippen molar-refractivity contribution in [2.45, 2.75) is 19.9 Å². The first-order chi connectivity index (χ1) is 11.1. The van der Waals surface area contributed by atoms with Crippen LogP contribution >= 0.6 is 0 Å². The van der Waals surface area contributed by atoms with Crippen LogP contribution in [0.25, 0.3) is 0 Å². The van der Waals surface area contributed by atoms with Gasteiger partial charge in [-0.3, -0.25) is 9.59 Å². The molecule has 4 nitrogen and oxygen atoms in total. The fraction of sp³-hybridized carbons (Fsp3) is 0.222. The topological polar surface area (TPSA) is 58.2 Å². The summed E-state index contributed by atoms with van der Waals surface area (Å²) < 4.78 is 12.8. The average molecular weight is 314 g/mol. The van der Waals surface area contributed by atoms with Crippen LogP contribution in [0.1, 0.15) is 39.6 Å². The molecule has 0 aliphatic heterocycles. The summed E-state index contributed by atoms with van der Waals surface area (Å²) >= 11 is 0. The molecule has 23 heavy (non-hydrogen) atoms. The summed E-state index contributed by atoms with van der Waals surface area (Å²) in [5, 5.41) is 5.52. The van der Waals surface area contributed by atoms with Gasteiger partial charge in [-0.1, -0.05) is 25.1 Å². The van der Waals surface area contributed by atoms with E-state index in [9.17, 15) is 14.0 Å². The first-order valence-corrected chi connectivity index (χ1v) is 7.51. The summed E-state index contributed by atoms with van der Waals surface area (Å²) in [6.07, 6.45) is 0.851. The molecule has 2 aromatic rings. The zero-order chi connectivity index (χ0) is 16.7. The van der Waals surface area contributed by atoms with Crippen molar-refractivity contribution in [3.05, 3.63) is 71.0 Å². The van der Waals surface area contributed by atoms with E-state index in [-0.39, 0.29) is 17.6 Å². The molecule has 120 valence electrons. The molecule has 0 saturated carbocycles. The van der Waals surface area contributed by atoms with Gasteiger partial charge in [0.1, 0.15) is 5.82 Å². The molecule has 2 amide bonds. The monoisotopic (exact) mass is 314 g/mol. The van der Waals surface area contributed by atoms with Gasteiger partial charge in [-0.2, -0.15) is 0 Å². The van der Waals surface area contributed by atoms with E-state index in [0.717, 1.165) is 12.0 Å². The smallest absolute Gasteiger partial charge is 0.251 e. The summed E-state index contributed by atoms with van der Waals surface area (Å²) in [7, 11) is 0. The Balaban J connectivity index is 1.99. The third-order valence-corrected chi connectivity index (χ3v) is 3.29. The number of benzene rings is 2. The van der Waals surface area contributed by atoms with Crippen LogP contribution in [0.3, 0.4) is 0 Å². The number of halogens is 1. The maximum absolute atomic E-state index is 12.8. The zero-order valence-corrected chi connectivity index (χ0v) is 12.9. The highest BCUT2D eigenvalue weighted by atomic mass is 19.1. The predicted octanol–water partition coefficient (Wildman–Crippen LogP) is 2.90. The fourth-order valence-corrected chi connectivity index (χ4v) is 2.03. The lowest BCUT2D eigenvalue weighted by Crippen LogP contribution is -2.26. The van der Waals surface area contributed by atoms with Crippen LogP contribution in [0.4, 0.5) is 4.39 Å². The van der Waals surface area contributed by atoms with Gasteiger partial charge in [-0.15, -0.1) is 0 Å². The molecule has 0 saturated heterocycles. The van der Waals surface area contributed by atoms with Gasteiger partial charge in [0.05, 0.1) is 0 Å². The fourth-order valence-electron chi connectivity index (χ4n) is 2.03. The highest BCUT2D eigenvalue weighted by Crippen LogP contribution is 2.07. The number of hydrogen-bond acceptors (Lipinski definition) is 2. The quantitative estimate of drug-likeness (QED) is 0.861. The molecule has 0 atom stereocenters. The zero-order valence-electron chi connectivity index (χ0n) is 12.9. The van der Waals surface area contributed by atoms with Gasteiger partial charge in [-0.05, 0) is 42.3 Å². The van der Waals surface area contributed by atoms with Crippen LogP contribution in [0.15, 0.2) is 48.5 Å². The third kappa shape index (κ3) is 4.92. The lowest BCUT2D eigenvalue weighted by molar-refractivity contribution is 0.0950. The van der Waals surface area contributed by atoms with Crippen molar-refractivity contribution in [3.63, 3.8) is 0 Å². The lowest BCUT2D eigenvalue weighted by Gasteiger charge is -2.08. The van der Waals surface area contributed by atoms with Crippen molar-refractivity contribution < 1.29 is 14.0 Å². The summed E-state index contributed by atoms with van der Waals surface area (Å²) in [4.78, 5) is 24.1. The second-order valence-corrected chi connectivity index (χ2v) is 5.15. The first kappa shape index (κ1) is 16.7. The Morgan fingerprint density at radius 3 is 2.17 bits per heavy atom. The van der Waals surface area contributed by atoms with Gasteiger partial charge >= 0.3 is 0 Å². The maximum Gasteiger partial charge on any atom is 0.251 e. The molecule has 0 bridgehead atoms. The molecule has 0 unspecified atom stereocenters. The van der Waals surface area contributed by atoms with Crippen molar-refractivity contribution in [3.8, 4) is 0 Å². The molecule has 0 aliphatic rings. The number of carbonyl (C=O) groups is 2. The van der Waals surface area contributed by atoms with Crippen LogP contribution in [-0.4, -0.2) is 18.4 Å². The number of carbonyl (C=O) groups excluding carboxylic acids is 2. The van der Waals surface area contributed by atoms with Crippen molar-refractivity contribution >= 4 is 11.8 Å². The van der Waals surface area contributed by atoms with Crippen LogP contribution in [0.5, 0.6) is 0 Å². The standard InChI is InChI=1S/C18H19FN2O2/c1-2-10-20-17(22)14-4-3-5-15(11-14)18(23)21-12-13-6-8-16(19)9-7-13/h3-9,11H,2,10,12H2,1H3,(H,20,22)(H,21,23). The second-order valence-electron chi connectivity index (χ2n) is 5.15. The van der Waals surface area contributed by atoms with Gasteiger partial charge in [0.2, 0.25) is 0 Å². The summed E-state index contributed by atoms with van der Waals surface area (Å²) in [6, 6.07) is 12.5. The molecule has 0 spiro atoms. The highest BCUT2D eigenvalue weighted by Gasteiger charge is 2.10. The Bertz CT molecular complexity index is 684. The Morgan fingerprint density at radius 2 is 1.57 bits per heavy atom. The molecular formula is C18H19FN2O2. The molecule has 0 aliphatic carbocycles. The SMILES string of the molecule is CCCNC(=O)c1cccc(C(=O)NCc2ccc(F)cc2)c1. The molecular weight excluding hydrogens is 295 g/mol. The van der Waals surface area contributed by atoms with Gasteiger partial charge in [0.15, 0.2) is 0 Å². The molecule has 0 heterocycles. The Morgan fingerprint density at radius 1 is 0.957 bits per heavy atom. The van der Waals surface area contributed by atoms with E-state index in [1.54, 1.807) is 36.4 Å². The molecule has 5 heteroatoms. The van der Waals surface area contributed by atoms with Gasteiger partial charge in [0, 0.05) is 24.2 Å². The maximum atomic E-state index is 12.8. The van der Waals surface area contributed by atoms with Gasteiger partial charge < -0.3 is 10.6 Å². The van der Waals surface area contributed by atoms with E-state index in [1.165, 1.54) is 12.1 Å². The third-order valence-electron chi connectivity index (χ3n) is 3.29. The molecule has 2 aromatic carbocycles. The van der Waals surface area contributed by atoms with Crippen LogP contribution in [0.2, 0.25) is 0 Å². The van der Waals surface area contributed by atoms with Crippen molar-refractivity contribution in [2.75, 3.05) is 6.54 Å². The van der Waals surface area contributed by atoms with Crippen LogP contribution in [0, 0.1) is 5.82 Å². The second kappa shape index (κ2) is 8.08. The minimum atomic E-state index is -0.314. The number of nitrogens with one attached hydrogen (secondary N) is 2. The average Bonchev–Trinajstić information content (AvgIpc) is 2.59. The predicted molar refractivity (Wildman–Crippen MR) is 86.6 cm³/mol. The van der Waals surface area contributed by atoms with E-state index in [1.807, 2.05) is 6.92 Å². The minimum Gasteiger partial charge on any atom is -0.352 e. The number of rotatable bonds is 6. The Labute approximate surface area is 134 Å². The summed E-state index contributed by atoms with van der Waals surface area (Å²) in [6.45, 7) is 2.87. The van der Waals surface area contributed by atoms with Crippen molar-refractivity contribution in [1.29, 1.82) is 0 Å². The molecule has 2 rings (SSSR count). The van der Waals surface area contributed by atoms with E-state index in [2.05, 4.69) is 10.6 Å². The Kier molecular flexibility index (Phi) is 5.86. The number of amides is 2. The van der Waals surface area contributed by atoms with Crippen LogP contribution < -0.4 is 10.6 Å². The molecule has 0 radical (unpaired) electrons. The number of hydrogen-bond donors (Lipinski definition) is 2. The van der Waals surface area contributed by atoms with Gasteiger partial charge in [-0.25, -0.2) is 4.39 Å². The molecule has 0 fully saturated rings.